The molecule has 0 spiro atoms. The number of nitro groups is 1. The molecule has 0 aromatic heterocycles. The quantitative estimate of drug-likeness (QED) is 0.464. The topological polar surface area (TPSA) is 119 Å². The molecule has 144 valence electrons. The van der Waals surface area contributed by atoms with Crippen molar-refractivity contribution in [3.05, 3.63) is 34.4 Å². The maximum absolute atomic E-state index is 12.7. The minimum Gasteiger partial charge on any atom is -0.455 e. The first-order valence-corrected chi connectivity index (χ1v) is 9.22. The van der Waals surface area contributed by atoms with Gasteiger partial charge in [-0.3, -0.25) is 19.7 Å². The number of hydrogen-bond acceptors (Lipinski definition) is 6. The van der Waals surface area contributed by atoms with Crippen LogP contribution in [0.1, 0.15) is 38.5 Å². The Kier molecular flexibility index (Phi) is 4.18. The number of aliphatic hydroxyl groups is 1. The number of ether oxygens (including phenoxy) is 1. The molecule has 4 saturated carbocycles. The molecule has 1 amide bonds. The predicted molar refractivity (Wildman–Crippen MR) is 94.7 cm³/mol. The van der Waals surface area contributed by atoms with Crippen molar-refractivity contribution in [3.63, 3.8) is 0 Å². The molecule has 8 heteroatoms. The standard InChI is InChI=1S/C19H22N2O6/c22-16(20-14-3-1-2-4-15(14)21(25)26)10-27-17(23)18-6-12-5-13(7-18)9-19(24,8-12)11-18/h1-4,12-13,24H,5-11H2,(H,20,22)/t12-,13+,18?,19?. The fraction of sp³-hybridized carbons (Fsp3) is 0.579. The molecule has 1 aromatic rings. The van der Waals surface area contributed by atoms with Gasteiger partial charge in [-0.05, 0) is 56.4 Å². The molecule has 0 radical (unpaired) electrons. The van der Waals surface area contributed by atoms with E-state index in [0.717, 1.165) is 19.3 Å². The SMILES string of the molecule is O=C(COC(=O)C12C[C@@H]3C[C@@H](CC(O)(C3)C1)C2)Nc1ccccc1[N+](=O)[O-]. The van der Waals surface area contributed by atoms with E-state index < -0.39 is 34.4 Å². The van der Waals surface area contributed by atoms with Crippen molar-refractivity contribution in [3.8, 4) is 0 Å². The normalized spacial score (nSPS) is 33.5. The molecule has 5 rings (SSSR count). The van der Waals surface area contributed by atoms with Gasteiger partial charge in [-0.15, -0.1) is 0 Å². The van der Waals surface area contributed by atoms with E-state index in [4.69, 9.17) is 4.74 Å². The third-order valence-corrected chi connectivity index (χ3v) is 6.17. The summed E-state index contributed by atoms with van der Waals surface area (Å²) >= 11 is 0. The van der Waals surface area contributed by atoms with Crippen LogP contribution in [0.5, 0.6) is 0 Å². The highest BCUT2D eigenvalue weighted by atomic mass is 16.6. The molecule has 1 aromatic carbocycles. The first-order valence-electron chi connectivity index (χ1n) is 9.22. The number of amides is 1. The first-order chi connectivity index (χ1) is 12.8. The second-order valence-corrected chi connectivity index (χ2v) is 8.36. The van der Waals surface area contributed by atoms with Gasteiger partial charge in [-0.1, -0.05) is 12.1 Å². The van der Waals surface area contributed by atoms with Crippen molar-refractivity contribution in [1.82, 2.24) is 0 Å². The number of esters is 1. The Labute approximate surface area is 156 Å². The lowest BCUT2D eigenvalue weighted by Gasteiger charge is -2.58. The van der Waals surface area contributed by atoms with Crippen LogP contribution in [0.4, 0.5) is 11.4 Å². The van der Waals surface area contributed by atoms with Gasteiger partial charge in [-0.2, -0.15) is 0 Å². The minimum absolute atomic E-state index is 0.0627. The van der Waals surface area contributed by atoms with Gasteiger partial charge in [0.1, 0.15) is 5.69 Å². The Morgan fingerprint density at radius 2 is 1.89 bits per heavy atom. The summed E-state index contributed by atoms with van der Waals surface area (Å²) in [6.07, 6.45) is 4.35. The van der Waals surface area contributed by atoms with Crippen molar-refractivity contribution in [2.75, 3.05) is 11.9 Å². The molecule has 4 bridgehead atoms. The van der Waals surface area contributed by atoms with Gasteiger partial charge >= 0.3 is 5.97 Å². The molecule has 0 heterocycles. The predicted octanol–water partition coefficient (Wildman–Crippen LogP) is 2.41. The molecule has 0 saturated heterocycles. The molecule has 4 aliphatic rings. The van der Waals surface area contributed by atoms with Crippen molar-refractivity contribution in [1.29, 1.82) is 0 Å². The van der Waals surface area contributed by atoms with Crippen LogP contribution in [-0.2, 0) is 14.3 Å². The van der Waals surface area contributed by atoms with Crippen LogP contribution in [0.15, 0.2) is 24.3 Å². The van der Waals surface area contributed by atoms with E-state index in [9.17, 15) is 24.8 Å². The van der Waals surface area contributed by atoms with Gasteiger partial charge in [0.05, 0.1) is 15.9 Å². The zero-order valence-corrected chi connectivity index (χ0v) is 14.8. The average molecular weight is 374 g/mol. The third-order valence-electron chi connectivity index (χ3n) is 6.17. The second-order valence-electron chi connectivity index (χ2n) is 8.36. The van der Waals surface area contributed by atoms with Gasteiger partial charge in [0.15, 0.2) is 6.61 Å². The number of rotatable bonds is 5. The summed E-state index contributed by atoms with van der Waals surface area (Å²) in [6, 6.07) is 5.79. The number of carbonyl (C=O) groups is 2. The number of carbonyl (C=O) groups excluding carboxylic acids is 2. The van der Waals surface area contributed by atoms with E-state index in [-0.39, 0.29) is 11.4 Å². The van der Waals surface area contributed by atoms with Crippen molar-refractivity contribution in [2.24, 2.45) is 17.3 Å². The maximum Gasteiger partial charge on any atom is 0.312 e. The average Bonchev–Trinajstić information content (AvgIpc) is 2.57. The molecule has 2 unspecified atom stereocenters. The Morgan fingerprint density at radius 3 is 2.52 bits per heavy atom. The summed E-state index contributed by atoms with van der Waals surface area (Å²) in [4.78, 5) is 35.3. The number of nitrogens with one attached hydrogen (secondary N) is 1. The van der Waals surface area contributed by atoms with E-state index >= 15 is 0 Å². The molecule has 2 N–H and O–H groups in total. The smallest absolute Gasteiger partial charge is 0.312 e. The van der Waals surface area contributed by atoms with Crippen LogP contribution < -0.4 is 5.32 Å². The lowest BCUT2D eigenvalue weighted by Crippen LogP contribution is -2.58. The van der Waals surface area contributed by atoms with Crippen molar-refractivity contribution < 1.29 is 24.4 Å². The Morgan fingerprint density at radius 1 is 1.22 bits per heavy atom. The molecule has 27 heavy (non-hydrogen) atoms. The molecule has 4 atom stereocenters. The van der Waals surface area contributed by atoms with Gasteiger partial charge in [0.25, 0.3) is 11.6 Å². The second kappa shape index (κ2) is 6.30. The van der Waals surface area contributed by atoms with Crippen LogP contribution in [0.2, 0.25) is 0 Å². The fourth-order valence-corrected chi connectivity index (χ4v) is 5.66. The molecule has 8 nitrogen and oxygen atoms in total. The molecule has 4 aliphatic carbocycles. The fourth-order valence-electron chi connectivity index (χ4n) is 5.66. The number of nitro benzene ring substituents is 1. The molecular formula is C19H22N2O6. The molecule has 0 aliphatic heterocycles. The summed E-state index contributed by atoms with van der Waals surface area (Å²) in [5.41, 5.74) is -1.64. The van der Waals surface area contributed by atoms with Gasteiger partial charge in [-0.25, -0.2) is 0 Å². The van der Waals surface area contributed by atoms with Crippen LogP contribution in [-0.4, -0.2) is 34.1 Å². The maximum atomic E-state index is 12.7. The number of hydrogen-bond donors (Lipinski definition) is 2. The van der Waals surface area contributed by atoms with Crippen LogP contribution in [0.3, 0.4) is 0 Å². The van der Waals surface area contributed by atoms with E-state index in [1.807, 2.05) is 0 Å². The van der Waals surface area contributed by atoms with E-state index in [1.165, 1.54) is 18.2 Å². The van der Waals surface area contributed by atoms with Crippen molar-refractivity contribution in [2.45, 2.75) is 44.1 Å². The monoisotopic (exact) mass is 374 g/mol. The highest BCUT2D eigenvalue weighted by molar-refractivity contribution is 5.95. The number of benzene rings is 1. The summed E-state index contributed by atoms with van der Waals surface area (Å²) in [7, 11) is 0. The van der Waals surface area contributed by atoms with Gasteiger partial charge in [0, 0.05) is 6.07 Å². The lowest BCUT2D eigenvalue weighted by atomic mass is 9.48. The lowest BCUT2D eigenvalue weighted by molar-refractivity contribution is -0.383. The summed E-state index contributed by atoms with van der Waals surface area (Å²) in [6.45, 7) is -0.500. The molecular weight excluding hydrogens is 352 g/mol. The van der Waals surface area contributed by atoms with E-state index in [1.54, 1.807) is 6.07 Å². The number of para-hydroxylation sites is 2. The van der Waals surface area contributed by atoms with Crippen LogP contribution in [0, 0.1) is 27.4 Å². The largest absolute Gasteiger partial charge is 0.455 e. The zero-order valence-electron chi connectivity index (χ0n) is 14.8. The van der Waals surface area contributed by atoms with E-state index in [2.05, 4.69) is 5.32 Å². The third kappa shape index (κ3) is 3.29. The highest BCUT2D eigenvalue weighted by Crippen LogP contribution is 2.61. The van der Waals surface area contributed by atoms with Crippen LogP contribution >= 0.6 is 0 Å². The zero-order chi connectivity index (χ0) is 19.2. The Balaban J connectivity index is 1.39. The minimum atomic E-state index is -0.782. The highest BCUT2D eigenvalue weighted by Gasteiger charge is 2.60. The van der Waals surface area contributed by atoms with E-state index in [0.29, 0.717) is 31.1 Å². The summed E-state index contributed by atoms with van der Waals surface area (Å²) < 4.78 is 5.27. The first kappa shape index (κ1) is 17.9. The number of nitrogens with zero attached hydrogens (tertiary/aromatic N) is 1. The Bertz CT molecular complexity index is 793. The molecule has 4 fully saturated rings. The number of anilines is 1. The van der Waals surface area contributed by atoms with Gasteiger partial charge < -0.3 is 15.2 Å². The van der Waals surface area contributed by atoms with Gasteiger partial charge in [0.2, 0.25) is 0 Å². The summed E-state index contributed by atoms with van der Waals surface area (Å²) in [5, 5.41) is 24.1. The summed E-state index contributed by atoms with van der Waals surface area (Å²) in [5.74, 6) is -0.386. The van der Waals surface area contributed by atoms with Crippen LogP contribution in [0.25, 0.3) is 0 Å². The van der Waals surface area contributed by atoms with Crippen molar-refractivity contribution >= 4 is 23.3 Å². The Hall–Kier alpha value is -2.48.